The Hall–Kier alpha value is -4.07. The molecule has 0 fully saturated rings. The van der Waals surface area contributed by atoms with Gasteiger partial charge in [0.05, 0.1) is 33.0 Å². The molecule has 418 valence electrons. The molecular formula is C66H107NO7. The summed E-state index contributed by atoms with van der Waals surface area (Å²) in [6.45, 7) is 17.1. The number of unbranched alkanes of at least 4 members (excludes halogenated alkanes) is 28. The van der Waals surface area contributed by atoms with Crippen LogP contribution in [0.1, 0.15) is 260 Å². The van der Waals surface area contributed by atoms with Crippen molar-refractivity contribution in [1.82, 2.24) is 5.32 Å². The van der Waals surface area contributed by atoms with Crippen molar-refractivity contribution in [2.24, 2.45) is 0 Å². The lowest BCUT2D eigenvalue weighted by atomic mass is 9.93. The highest BCUT2D eigenvalue weighted by atomic mass is 16.5. The average Bonchev–Trinajstić information content (AvgIpc) is 3.41. The van der Waals surface area contributed by atoms with Crippen LogP contribution in [0.25, 0.3) is 32.3 Å². The van der Waals surface area contributed by atoms with Crippen LogP contribution in [-0.4, -0.2) is 52.1 Å². The van der Waals surface area contributed by atoms with Crippen LogP contribution in [0.4, 0.5) is 0 Å². The molecule has 0 aromatic heterocycles. The van der Waals surface area contributed by atoms with Gasteiger partial charge in [-0.3, -0.25) is 4.79 Å². The van der Waals surface area contributed by atoms with E-state index in [1.165, 1.54) is 128 Å². The molecule has 0 aliphatic carbocycles. The average molecular weight is 1030 g/mol. The van der Waals surface area contributed by atoms with Gasteiger partial charge in [-0.25, -0.2) is 0 Å². The van der Waals surface area contributed by atoms with E-state index in [9.17, 15) is 4.79 Å². The third kappa shape index (κ3) is 23.9. The maximum atomic E-state index is 13.4. The van der Waals surface area contributed by atoms with Crippen LogP contribution in [-0.2, 0) is 4.79 Å². The number of fused-ring (bicyclic) bond motifs is 6. The molecule has 8 nitrogen and oxygen atoms in total. The predicted octanol–water partition coefficient (Wildman–Crippen LogP) is 19.9. The van der Waals surface area contributed by atoms with Gasteiger partial charge in [0.15, 0.2) is 41.1 Å². The van der Waals surface area contributed by atoms with Gasteiger partial charge in [-0.05, 0) is 107 Å². The van der Waals surface area contributed by atoms with Gasteiger partial charge in [-0.15, -0.1) is 0 Å². The number of hydrogen-bond donors (Lipinski definition) is 1. The molecule has 0 aliphatic rings. The van der Waals surface area contributed by atoms with E-state index in [0.717, 1.165) is 145 Å². The molecule has 0 saturated heterocycles. The topological polar surface area (TPSA) is 84.5 Å². The molecule has 0 spiro atoms. The van der Waals surface area contributed by atoms with E-state index < -0.39 is 0 Å². The number of hydrogen-bond acceptors (Lipinski definition) is 7. The van der Waals surface area contributed by atoms with Crippen LogP contribution in [0.2, 0.25) is 0 Å². The van der Waals surface area contributed by atoms with Crippen molar-refractivity contribution < 1.29 is 33.2 Å². The molecule has 8 heteroatoms. The molecule has 0 bridgehead atoms. The second-order valence-electron chi connectivity index (χ2n) is 21.3. The fourth-order valence-corrected chi connectivity index (χ4v) is 9.99. The Kier molecular flexibility index (Phi) is 34.0. The van der Waals surface area contributed by atoms with Crippen molar-refractivity contribution in [3.05, 3.63) is 36.4 Å². The van der Waals surface area contributed by atoms with Crippen molar-refractivity contribution in [1.29, 1.82) is 0 Å². The second kappa shape index (κ2) is 40.2. The summed E-state index contributed by atoms with van der Waals surface area (Å²) in [5.41, 5.74) is 0. The minimum Gasteiger partial charge on any atom is -0.490 e. The quantitative estimate of drug-likeness (QED) is 0.0348. The zero-order chi connectivity index (χ0) is 52.7. The molecule has 0 aliphatic heterocycles. The number of nitrogens with one attached hydrogen (secondary N) is 1. The first-order valence-corrected chi connectivity index (χ1v) is 31.1. The predicted molar refractivity (Wildman–Crippen MR) is 316 cm³/mol. The van der Waals surface area contributed by atoms with Crippen LogP contribution in [0.5, 0.6) is 34.5 Å². The second-order valence-corrected chi connectivity index (χ2v) is 21.3. The molecule has 74 heavy (non-hydrogen) atoms. The zero-order valence-corrected chi connectivity index (χ0v) is 48.3. The molecule has 4 rings (SSSR count). The van der Waals surface area contributed by atoms with Crippen molar-refractivity contribution in [3.8, 4) is 34.5 Å². The molecule has 0 unspecified atom stereocenters. The first-order valence-electron chi connectivity index (χ1n) is 31.1. The number of carbonyl (C=O) groups is 1. The fraction of sp³-hybridized carbons (Fsp3) is 0.712. The molecule has 0 heterocycles. The van der Waals surface area contributed by atoms with E-state index in [2.05, 4.69) is 83.3 Å². The van der Waals surface area contributed by atoms with Crippen LogP contribution in [0.15, 0.2) is 36.4 Å². The van der Waals surface area contributed by atoms with Crippen LogP contribution in [0, 0.1) is 0 Å². The van der Waals surface area contributed by atoms with E-state index in [-0.39, 0.29) is 12.5 Å². The Morgan fingerprint density at radius 1 is 0.284 bits per heavy atom. The summed E-state index contributed by atoms with van der Waals surface area (Å²) in [4.78, 5) is 13.4. The summed E-state index contributed by atoms with van der Waals surface area (Å²) in [5.74, 6) is 4.16. The molecule has 1 amide bonds. The van der Waals surface area contributed by atoms with Crippen LogP contribution >= 0.6 is 0 Å². The van der Waals surface area contributed by atoms with Gasteiger partial charge in [0.1, 0.15) is 0 Å². The fourth-order valence-electron chi connectivity index (χ4n) is 9.99. The Morgan fingerprint density at radius 3 is 0.730 bits per heavy atom. The molecular weight excluding hydrogens is 919 g/mol. The maximum Gasteiger partial charge on any atom is 0.257 e. The van der Waals surface area contributed by atoms with E-state index in [4.69, 9.17) is 28.4 Å². The lowest BCUT2D eigenvalue weighted by Gasteiger charge is -2.21. The Labute approximate surface area is 451 Å². The highest BCUT2D eigenvalue weighted by molar-refractivity contribution is 6.26. The number of benzene rings is 4. The summed E-state index contributed by atoms with van der Waals surface area (Å²) in [6.07, 6.45) is 40.7. The maximum absolute atomic E-state index is 13.4. The van der Waals surface area contributed by atoms with Gasteiger partial charge in [0.25, 0.3) is 5.91 Å². The highest BCUT2D eigenvalue weighted by Crippen LogP contribution is 2.47. The number of rotatable bonds is 48. The highest BCUT2D eigenvalue weighted by Gasteiger charge is 2.21. The minimum atomic E-state index is -0.112. The lowest BCUT2D eigenvalue weighted by molar-refractivity contribution is -0.123. The normalized spacial score (nSPS) is 11.5. The monoisotopic (exact) mass is 1030 g/mol. The summed E-state index contributed by atoms with van der Waals surface area (Å²) < 4.78 is 39.9. The largest absolute Gasteiger partial charge is 0.490 e. The van der Waals surface area contributed by atoms with Gasteiger partial charge in [0.2, 0.25) is 0 Å². The molecule has 4 aromatic carbocycles. The van der Waals surface area contributed by atoms with Gasteiger partial charge in [0, 0.05) is 6.54 Å². The minimum absolute atomic E-state index is 0.0844. The third-order valence-electron chi connectivity index (χ3n) is 14.6. The lowest BCUT2D eigenvalue weighted by Crippen LogP contribution is -2.29. The van der Waals surface area contributed by atoms with Gasteiger partial charge >= 0.3 is 0 Å². The zero-order valence-electron chi connectivity index (χ0n) is 48.3. The van der Waals surface area contributed by atoms with E-state index in [1.807, 2.05) is 0 Å². The summed E-state index contributed by atoms with van der Waals surface area (Å²) in [6, 6.07) is 13.0. The van der Waals surface area contributed by atoms with Crippen molar-refractivity contribution >= 4 is 38.2 Å². The van der Waals surface area contributed by atoms with Crippen molar-refractivity contribution in [3.63, 3.8) is 0 Å². The number of amides is 1. The first kappa shape index (κ1) is 62.5. The molecule has 0 saturated carbocycles. The van der Waals surface area contributed by atoms with Gasteiger partial charge < -0.3 is 33.7 Å². The summed E-state index contributed by atoms with van der Waals surface area (Å²) in [7, 11) is 0. The molecule has 0 atom stereocenters. The van der Waals surface area contributed by atoms with E-state index >= 15 is 0 Å². The molecule has 0 radical (unpaired) electrons. The van der Waals surface area contributed by atoms with E-state index in [1.54, 1.807) is 0 Å². The van der Waals surface area contributed by atoms with Crippen LogP contribution in [0.3, 0.4) is 0 Å². The molecule has 4 aromatic rings. The van der Waals surface area contributed by atoms with Gasteiger partial charge in [-0.2, -0.15) is 0 Å². The van der Waals surface area contributed by atoms with Crippen LogP contribution < -0.4 is 33.7 Å². The van der Waals surface area contributed by atoms with Crippen molar-refractivity contribution in [2.75, 3.05) is 46.2 Å². The Balaban J connectivity index is 1.69. The number of ether oxygens (including phenoxy) is 6. The third-order valence-corrected chi connectivity index (χ3v) is 14.6. The smallest absolute Gasteiger partial charge is 0.257 e. The summed E-state index contributed by atoms with van der Waals surface area (Å²) >= 11 is 0. The SMILES string of the molecule is CCCCCCCCCCCCCCCCNC(=O)COc1cc2c3cc(OCCCCCC)c(OCCCCCC)cc3c3cc(OCCCCCC)c(OCCCCCC)cc3c2cc1OCCCCCC. The number of carbonyl (C=O) groups excluding carboxylic acids is 1. The Morgan fingerprint density at radius 2 is 0.486 bits per heavy atom. The standard InChI is InChI=1S/C66H107NO7/c1-7-13-19-25-26-27-28-29-30-31-32-33-34-35-41-67-66(68)53-74-65-52-59-57-50-63(72-45-39-23-17-11-5)61(70-43-37-21-15-9-3)48-55(57)54-47-60(69-42-36-20-14-8-2)62(71-44-38-22-16-10-4)49-56(54)58(59)51-64(65)73-46-40-24-18-12-6/h47-52H,7-46,53H2,1-6H3,(H,67,68). The van der Waals surface area contributed by atoms with Crippen molar-refractivity contribution in [2.45, 2.75) is 260 Å². The van der Waals surface area contributed by atoms with E-state index in [0.29, 0.717) is 51.1 Å². The molecule has 1 N–H and O–H groups in total. The first-order chi connectivity index (χ1) is 36.5. The summed E-state index contributed by atoms with van der Waals surface area (Å²) in [5, 5.41) is 9.35. The Bertz CT molecular complexity index is 2030. The van der Waals surface area contributed by atoms with Gasteiger partial charge in [-0.1, -0.05) is 221 Å².